The normalized spacial score (nSPS) is 42.0. The summed E-state index contributed by atoms with van der Waals surface area (Å²) in [5.74, 6) is 0. The molecule has 2 aliphatic heterocycles. The van der Waals surface area contributed by atoms with E-state index >= 15 is 0 Å². The second-order valence-electron chi connectivity index (χ2n) is 4.09. The molecule has 4 heteroatoms. The Hall–Kier alpha value is -0.160. The van der Waals surface area contributed by atoms with Crippen molar-refractivity contribution >= 4 is 0 Å². The summed E-state index contributed by atoms with van der Waals surface area (Å²) in [6.07, 6.45) is 0.472. The van der Waals surface area contributed by atoms with Gasteiger partial charge in [-0.3, -0.25) is 0 Å². The van der Waals surface area contributed by atoms with Gasteiger partial charge in [0.1, 0.15) is 24.4 Å². The summed E-state index contributed by atoms with van der Waals surface area (Å²) < 4.78 is 22.2. The van der Waals surface area contributed by atoms with Gasteiger partial charge in [-0.15, -0.1) is 0 Å². The summed E-state index contributed by atoms with van der Waals surface area (Å²) in [6, 6.07) is 0. The molecule has 0 aromatic heterocycles. The van der Waals surface area contributed by atoms with Gasteiger partial charge in [-0.05, 0) is 13.8 Å². The predicted molar refractivity (Wildman–Crippen MR) is 50.3 cm³/mol. The van der Waals surface area contributed by atoms with Gasteiger partial charge in [0.05, 0.1) is 19.3 Å². The average molecular weight is 202 g/mol. The molecular weight excluding hydrogens is 184 g/mol. The fourth-order valence-corrected chi connectivity index (χ4v) is 2.10. The van der Waals surface area contributed by atoms with Gasteiger partial charge in [-0.2, -0.15) is 0 Å². The lowest BCUT2D eigenvalue weighted by Crippen LogP contribution is -2.34. The zero-order chi connectivity index (χ0) is 10.1. The Morgan fingerprint density at radius 2 is 1.64 bits per heavy atom. The largest absolute Gasteiger partial charge is 0.376 e. The van der Waals surface area contributed by atoms with Crippen molar-refractivity contribution in [3.05, 3.63) is 0 Å². The van der Waals surface area contributed by atoms with Gasteiger partial charge >= 0.3 is 0 Å². The Labute approximate surface area is 84.5 Å². The van der Waals surface area contributed by atoms with Crippen LogP contribution in [0.25, 0.3) is 0 Å². The van der Waals surface area contributed by atoms with E-state index in [1.54, 1.807) is 7.11 Å². The minimum atomic E-state index is 0.0577. The van der Waals surface area contributed by atoms with Crippen molar-refractivity contribution < 1.29 is 18.9 Å². The molecule has 2 aliphatic rings. The van der Waals surface area contributed by atoms with Gasteiger partial charge in [0.25, 0.3) is 0 Å². The Morgan fingerprint density at radius 1 is 1.07 bits per heavy atom. The van der Waals surface area contributed by atoms with E-state index in [1.807, 2.05) is 13.8 Å². The lowest BCUT2D eigenvalue weighted by atomic mass is 10.1. The number of methoxy groups -OCH3 is 1. The van der Waals surface area contributed by atoms with Gasteiger partial charge in [0.2, 0.25) is 0 Å². The zero-order valence-corrected chi connectivity index (χ0v) is 8.93. The van der Waals surface area contributed by atoms with Crippen LogP contribution in [0.1, 0.15) is 13.8 Å². The van der Waals surface area contributed by atoms with Crippen LogP contribution in [0.5, 0.6) is 0 Å². The second kappa shape index (κ2) is 4.14. The van der Waals surface area contributed by atoms with Crippen molar-refractivity contribution in [2.24, 2.45) is 0 Å². The van der Waals surface area contributed by atoms with E-state index in [0.29, 0.717) is 13.2 Å². The molecule has 0 unspecified atom stereocenters. The molecule has 2 rings (SSSR count). The number of hydrogen-bond donors (Lipinski definition) is 0. The van der Waals surface area contributed by atoms with Crippen LogP contribution in [-0.4, -0.2) is 50.8 Å². The lowest BCUT2D eigenvalue weighted by Gasteiger charge is -2.18. The first-order valence-corrected chi connectivity index (χ1v) is 5.14. The Morgan fingerprint density at radius 3 is 2.21 bits per heavy atom. The molecule has 0 spiro atoms. The molecule has 2 fully saturated rings. The number of ether oxygens (including phenoxy) is 4. The topological polar surface area (TPSA) is 36.9 Å². The zero-order valence-electron chi connectivity index (χ0n) is 8.93. The summed E-state index contributed by atoms with van der Waals surface area (Å²) in [6.45, 7) is 5.28. The fourth-order valence-electron chi connectivity index (χ4n) is 2.10. The number of hydrogen-bond acceptors (Lipinski definition) is 4. The maximum absolute atomic E-state index is 5.71. The fraction of sp³-hybridized carbons (Fsp3) is 1.00. The van der Waals surface area contributed by atoms with Gasteiger partial charge in [0, 0.05) is 7.11 Å². The second-order valence-corrected chi connectivity index (χ2v) is 4.09. The van der Waals surface area contributed by atoms with Gasteiger partial charge in [0.15, 0.2) is 0 Å². The van der Waals surface area contributed by atoms with E-state index in [1.165, 1.54) is 0 Å². The molecule has 2 heterocycles. The van der Waals surface area contributed by atoms with Crippen LogP contribution in [0, 0.1) is 0 Å². The van der Waals surface area contributed by atoms with Crippen molar-refractivity contribution in [2.75, 3.05) is 20.3 Å². The highest BCUT2D eigenvalue weighted by molar-refractivity contribution is 4.95. The van der Waals surface area contributed by atoms with Gasteiger partial charge < -0.3 is 18.9 Å². The third-order valence-corrected chi connectivity index (χ3v) is 2.71. The van der Waals surface area contributed by atoms with Crippen LogP contribution in [0.3, 0.4) is 0 Å². The van der Waals surface area contributed by atoms with Crippen LogP contribution in [-0.2, 0) is 18.9 Å². The summed E-state index contributed by atoms with van der Waals surface area (Å²) in [7, 11) is 1.69. The molecule has 0 radical (unpaired) electrons. The highest BCUT2D eigenvalue weighted by Crippen LogP contribution is 2.30. The maximum atomic E-state index is 5.71. The first-order valence-electron chi connectivity index (χ1n) is 5.14. The van der Waals surface area contributed by atoms with Crippen molar-refractivity contribution in [2.45, 2.75) is 44.4 Å². The highest BCUT2D eigenvalue weighted by atomic mass is 16.6. The van der Waals surface area contributed by atoms with Crippen molar-refractivity contribution in [1.82, 2.24) is 0 Å². The first kappa shape index (κ1) is 10.4. The Kier molecular flexibility index (Phi) is 3.07. The highest BCUT2D eigenvalue weighted by Gasteiger charge is 2.48. The standard InChI is InChI=1S/C10H18O4/c1-6(2)14-8-5-13-9-7(11-3)4-12-10(8)9/h6-10H,4-5H2,1-3H3/t7-,8+,9+,10+/m1/s1. The monoisotopic (exact) mass is 202 g/mol. The van der Waals surface area contributed by atoms with Crippen LogP contribution < -0.4 is 0 Å². The van der Waals surface area contributed by atoms with Crippen molar-refractivity contribution in [3.8, 4) is 0 Å². The van der Waals surface area contributed by atoms with Crippen molar-refractivity contribution in [3.63, 3.8) is 0 Å². The Balaban J connectivity index is 1.94. The minimum Gasteiger partial charge on any atom is -0.376 e. The van der Waals surface area contributed by atoms with Crippen LogP contribution >= 0.6 is 0 Å². The van der Waals surface area contributed by atoms with Gasteiger partial charge in [-0.25, -0.2) is 0 Å². The number of rotatable bonds is 3. The molecular formula is C10H18O4. The third-order valence-electron chi connectivity index (χ3n) is 2.71. The minimum absolute atomic E-state index is 0.0577. The van der Waals surface area contributed by atoms with Crippen LogP contribution in [0.4, 0.5) is 0 Å². The maximum Gasteiger partial charge on any atom is 0.115 e. The van der Waals surface area contributed by atoms with E-state index in [2.05, 4.69) is 0 Å². The molecule has 0 aromatic carbocycles. The van der Waals surface area contributed by atoms with E-state index in [4.69, 9.17) is 18.9 Å². The molecule has 0 aliphatic carbocycles. The SMILES string of the molecule is CO[C@@H]1CO[C@@H]2[C@H]1OC[C@@H]2OC(C)C. The summed E-state index contributed by atoms with van der Waals surface area (Å²) in [4.78, 5) is 0. The molecule has 0 aromatic rings. The van der Waals surface area contributed by atoms with E-state index < -0.39 is 0 Å². The molecule has 14 heavy (non-hydrogen) atoms. The smallest absolute Gasteiger partial charge is 0.115 e. The number of fused-ring (bicyclic) bond motifs is 1. The van der Waals surface area contributed by atoms with Gasteiger partial charge in [-0.1, -0.05) is 0 Å². The molecule has 0 N–H and O–H groups in total. The summed E-state index contributed by atoms with van der Waals surface area (Å²) >= 11 is 0. The summed E-state index contributed by atoms with van der Waals surface area (Å²) in [5.41, 5.74) is 0. The van der Waals surface area contributed by atoms with Crippen LogP contribution in [0.15, 0.2) is 0 Å². The van der Waals surface area contributed by atoms with Crippen LogP contribution in [0.2, 0.25) is 0 Å². The first-order chi connectivity index (χ1) is 6.72. The quantitative estimate of drug-likeness (QED) is 0.671. The molecule has 0 bridgehead atoms. The molecule has 82 valence electrons. The average Bonchev–Trinajstić information content (AvgIpc) is 2.67. The predicted octanol–water partition coefficient (Wildman–Crippen LogP) is 0.593. The van der Waals surface area contributed by atoms with E-state index in [-0.39, 0.29) is 30.5 Å². The molecule has 4 nitrogen and oxygen atoms in total. The molecule has 2 saturated heterocycles. The van der Waals surface area contributed by atoms with E-state index in [0.717, 1.165) is 0 Å². The Bertz CT molecular complexity index is 195. The third kappa shape index (κ3) is 1.80. The molecule has 4 atom stereocenters. The summed E-state index contributed by atoms with van der Waals surface area (Å²) in [5, 5.41) is 0. The van der Waals surface area contributed by atoms with Crippen molar-refractivity contribution in [1.29, 1.82) is 0 Å². The lowest BCUT2D eigenvalue weighted by molar-refractivity contribution is -0.0629. The van der Waals surface area contributed by atoms with E-state index in [9.17, 15) is 0 Å². The molecule has 0 saturated carbocycles. The molecule has 0 amide bonds.